The molecule has 0 spiro atoms. The number of halogens is 1. The third-order valence-corrected chi connectivity index (χ3v) is 5.10. The lowest BCUT2D eigenvalue weighted by atomic mass is 9.86. The Labute approximate surface area is 133 Å². The van der Waals surface area contributed by atoms with Gasteiger partial charge in [0.2, 0.25) is 0 Å². The average molecular weight is 305 g/mol. The molecule has 0 saturated carbocycles. The van der Waals surface area contributed by atoms with Gasteiger partial charge in [0, 0.05) is 12.1 Å². The van der Waals surface area contributed by atoms with Crippen molar-refractivity contribution in [2.24, 2.45) is 0 Å². The Bertz CT molecular complexity index is 502. The summed E-state index contributed by atoms with van der Waals surface area (Å²) >= 11 is 0. The zero-order chi connectivity index (χ0) is 16.0. The van der Waals surface area contributed by atoms with Gasteiger partial charge >= 0.3 is 0 Å². The lowest BCUT2D eigenvalue weighted by Crippen LogP contribution is -2.47. The monoisotopic (exact) mass is 305 g/mol. The van der Waals surface area contributed by atoms with Crippen molar-refractivity contribution in [1.29, 1.82) is 0 Å². The Morgan fingerprint density at radius 1 is 1.23 bits per heavy atom. The summed E-state index contributed by atoms with van der Waals surface area (Å²) in [5, 5.41) is 0. The van der Waals surface area contributed by atoms with Crippen molar-refractivity contribution in [3.05, 3.63) is 35.6 Å². The normalized spacial score (nSPS) is 21.3. The summed E-state index contributed by atoms with van der Waals surface area (Å²) in [6.45, 7) is 5.13. The molecule has 2 nitrogen and oxygen atoms in total. The van der Waals surface area contributed by atoms with Gasteiger partial charge in [0.1, 0.15) is 5.82 Å². The van der Waals surface area contributed by atoms with Crippen LogP contribution in [0.4, 0.5) is 4.39 Å². The highest BCUT2D eigenvalue weighted by molar-refractivity contribution is 5.95. The van der Waals surface area contributed by atoms with Crippen LogP contribution in [-0.4, -0.2) is 22.9 Å². The molecule has 0 aromatic heterocycles. The number of benzene rings is 1. The topological polar surface area (TPSA) is 20.3 Å². The molecule has 0 aliphatic carbocycles. The van der Waals surface area contributed by atoms with Gasteiger partial charge in [0.25, 0.3) is 5.91 Å². The Kier molecular flexibility index (Phi) is 5.98. The molecule has 1 saturated heterocycles. The molecule has 1 unspecified atom stereocenters. The van der Waals surface area contributed by atoms with Crippen LogP contribution < -0.4 is 0 Å². The minimum absolute atomic E-state index is 0.0624. The maximum atomic E-state index is 14.0. The number of nitrogens with zero attached hydrogens (tertiary/aromatic N) is 1. The van der Waals surface area contributed by atoms with E-state index in [1.165, 1.54) is 25.3 Å². The van der Waals surface area contributed by atoms with Crippen molar-refractivity contribution in [3.63, 3.8) is 0 Å². The summed E-state index contributed by atoms with van der Waals surface area (Å²) in [7, 11) is 0. The number of hydrogen-bond donors (Lipinski definition) is 0. The molecule has 22 heavy (non-hydrogen) atoms. The number of carbonyl (C=O) groups excluding carboxylic acids is 1. The van der Waals surface area contributed by atoms with E-state index < -0.39 is 5.82 Å². The van der Waals surface area contributed by atoms with Gasteiger partial charge in [-0.15, -0.1) is 0 Å². The molecule has 0 N–H and O–H groups in total. The Hall–Kier alpha value is -1.38. The molecule has 1 atom stereocenters. The van der Waals surface area contributed by atoms with Crippen LogP contribution in [0.3, 0.4) is 0 Å². The van der Waals surface area contributed by atoms with Gasteiger partial charge in [-0.05, 0) is 37.8 Å². The lowest BCUT2D eigenvalue weighted by Gasteiger charge is -2.38. The second kappa shape index (κ2) is 7.75. The van der Waals surface area contributed by atoms with E-state index in [2.05, 4.69) is 13.8 Å². The second-order valence-electron chi connectivity index (χ2n) is 6.43. The van der Waals surface area contributed by atoms with E-state index >= 15 is 0 Å². The lowest BCUT2D eigenvalue weighted by molar-refractivity contribution is 0.0553. The molecule has 1 heterocycles. The van der Waals surface area contributed by atoms with Gasteiger partial charge in [-0.25, -0.2) is 4.39 Å². The first-order chi connectivity index (χ1) is 10.6. The molecule has 1 aliphatic heterocycles. The zero-order valence-electron chi connectivity index (χ0n) is 13.9. The van der Waals surface area contributed by atoms with Crippen molar-refractivity contribution in [1.82, 2.24) is 4.90 Å². The van der Waals surface area contributed by atoms with E-state index in [-0.39, 0.29) is 17.0 Å². The van der Waals surface area contributed by atoms with E-state index in [0.29, 0.717) is 0 Å². The van der Waals surface area contributed by atoms with E-state index in [1.54, 1.807) is 18.2 Å². The smallest absolute Gasteiger partial charge is 0.257 e. The van der Waals surface area contributed by atoms with Crippen molar-refractivity contribution in [2.75, 3.05) is 6.54 Å². The molecule has 2 rings (SSSR count). The largest absolute Gasteiger partial charge is 0.333 e. The van der Waals surface area contributed by atoms with Crippen molar-refractivity contribution in [3.8, 4) is 0 Å². The maximum absolute atomic E-state index is 14.0. The van der Waals surface area contributed by atoms with Gasteiger partial charge in [0.05, 0.1) is 5.56 Å². The molecular formula is C19H28FNO. The Morgan fingerprint density at radius 3 is 2.68 bits per heavy atom. The summed E-state index contributed by atoms with van der Waals surface area (Å²) in [5.41, 5.74) is 0.156. The fourth-order valence-corrected chi connectivity index (χ4v) is 3.72. The summed E-state index contributed by atoms with van der Waals surface area (Å²) in [6.07, 6.45) is 8.93. The first-order valence-corrected chi connectivity index (χ1v) is 8.71. The molecule has 1 aliphatic rings. The number of likely N-dealkylation sites (tertiary alicyclic amines) is 1. The van der Waals surface area contributed by atoms with Crippen LogP contribution in [-0.2, 0) is 0 Å². The summed E-state index contributed by atoms with van der Waals surface area (Å²) in [5.74, 6) is -0.539. The van der Waals surface area contributed by atoms with Crippen LogP contribution in [0.5, 0.6) is 0 Å². The minimum Gasteiger partial charge on any atom is -0.333 e. The van der Waals surface area contributed by atoms with E-state index in [4.69, 9.17) is 0 Å². The van der Waals surface area contributed by atoms with Crippen LogP contribution in [0.1, 0.15) is 75.6 Å². The van der Waals surface area contributed by atoms with Crippen molar-refractivity contribution < 1.29 is 9.18 Å². The van der Waals surface area contributed by atoms with Gasteiger partial charge in [0.15, 0.2) is 0 Å². The minimum atomic E-state index is -0.407. The third-order valence-electron chi connectivity index (χ3n) is 5.10. The number of hydrogen-bond acceptors (Lipinski definition) is 1. The fraction of sp³-hybridized carbons (Fsp3) is 0.632. The maximum Gasteiger partial charge on any atom is 0.257 e. The van der Waals surface area contributed by atoms with Crippen molar-refractivity contribution in [2.45, 2.75) is 70.8 Å². The molecule has 1 amide bonds. The molecule has 1 fully saturated rings. The highest BCUT2D eigenvalue weighted by Gasteiger charge is 2.42. The fourth-order valence-electron chi connectivity index (χ4n) is 3.72. The van der Waals surface area contributed by atoms with Gasteiger partial charge in [-0.3, -0.25) is 4.79 Å². The van der Waals surface area contributed by atoms with Gasteiger partial charge in [-0.1, -0.05) is 51.7 Å². The van der Waals surface area contributed by atoms with Gasteiger partial charge < -0.3 is 4.90 Å². The summed E-state index contributed by atoms with van der Waals surface area (Å²) < 4.78 is 14.0. The molecule has 1 aromatic carbocycles. The molecule has 1 aromatic rings. The summed E-state index contributed by atoms with van der Waals surface area (Å²) in [4.78, 5) is 14.8. The molecule has 0 radical (unpaired) electrons. The van der Waals surface area contributed by atoms with Crippen LogP contribution in [0.15, 0.2) is 24.3 Å². The molecular weight excluding hydrogens is 277 g/mol. The third kappa shape index (κ3) is 3.50. The number of carbonyl (C=O) groups is 1. The molecule has 122 valence electrons. The van der Waals surface area contributed by atoms with Crippen LogP contribution >= 0.6 is 0 Å². The van der Waals surface area contributed by atoms with Crippen LogP contribution in [0, 0.1) is 5.82 Å². The van der Waals surface area contributed by atoms with E-state index in [9.17, 15) is 9.18 Å². The number of unbranched alkanes of at least 4 members (excludes halogenated alkanes) is 3. The standard InChI is InChI=1S/C19H28FNO/c1-3-5-6-9-13-19(4-2)14-10-15-21(19)18(22)16-11-7-8-12-17(16)20/h7-8,11-12H,3-6,9-10,13-15H2,1-2H3. The van der Waals surface area contributed by atoms with E-state index in [1.807, 2.05) is 4.90 Å². The SMILES string of the molecule is CCCCCCC1(CC)CCCN1C(=O)c1ccccc1F. The zero-order valence-corrected chi connectivity index (χ0v) is 13.9. The highest BCUT2D eigenvalue weighted by atomic mass is 19.1. The second-order valence-corrected chi connectivity index (χ2v) is 6.43. The predicted molar refractivity (Wildman–Crippen MR) is 88.5 cm³/mol. The first-order valence-electron chi connectivity index (χ1n) is 8.71. The van der Waals surface area contributed by atoms with Crippen LogP contribution in [0.2, 0.25) is 0 Å². The molecule has 0 bridgehead atoms. The number of rotatable bonds is 7. The highest BCUT2D eigenvalue weighted by Crippen LogP contribution is 2.38. The van der Waals surface area contributed by atoms with Crippen LogP contribution in [0.25, 0.3) is 0 Å². The van der Waals surface area contributed by atoms with E-state index in [0.717, 1.165) is 38.6 Å². The van der Waals surface area contributed by atoms with Crippen molar-refractivity contribution >= 4 is 5.91 Å². The molecule has 3 heteroatoms. The van der Waals surface area contributed by atoms with Gasteiger partial charge in [-0.2, -0.15) is 0 Å². The number of amides is 1. The first kappa shape index (κ1) is 17.0. The quantitative estimate of drug-likeness (QED) is 0.635. The predicted octanol–water partition coefficient (Wildman–Crippen LogP) is 5.18. The Balaban J connectivity index is 2.13. The summed E-state index contributed by atoms with van der Waals surface area (Å²) in [6, 6.07) is 6.35. The Morgan fingerprint density at radius 2 is 2.00 bits per heavy atom. The average Bonchev–Trinajstić information content (AvgIpc) is 2.96.